The molecule has 0 saturated carbocycles. The highest BCUT2D eigenvalue weighted by molar-refractivity contribution is 5.78. The molecule has 1 N–H and O–H groups in total. The van der Waals surface area contributed by atoms with Crippen molar-refractivity contribution < 1.29 is 9.53 Å². The van der Waals surface area contributed by atoms with Gasteiger partial charge < -0.3 is 15.0 Å². The maximum absolute atomic E-state index is 12.5. The molecule has 1 fully saturated rings. The highest BCUT2D eigenvalue weighted by Gasteiger charge is 2.21. The van der Waals surface area contributed by atoms with E-state index in [4.69, 9.17) is 4.74 Å². The van der Waals surface area contributed by atoms with Crippen LogP contribution in [-0.4, -0.2) is 43.6 Å². The van der Waals surface area contributed by atoms with Crippen LogP contribution in [0, 0.1) is 0 Å². The van der Waals surface area contributed by atoms with Gasteiger partial charge in [0.05, 0.1) is 13.5 Å². The van der Waals surface area contributed by atoms with Gasteiger partial charge >= 0.3 is 0 Å². The zero-order chi connectivity index (χ0) is 15.1. The predicted molar refractivity (Wildman–Crippen MR) is 84.6 cm³/mol. The van der Waals surface area contributed by atoms with E-state index < -0.39 is 0 Å². The molecule has 4 heteroatoms. The highest BCUT2D eigenvalue weighted by atomic mass is 16.5. The molecule has 0 aromatic heterocycles. The van der Waals surface area contributed by atoms with Crippen LogP contribution in [0.4, 0.5) is 0 Å². The molecule has 0 bridgehead atoms. The summed E-state index contributed by atoms with van der Waals surface area (Å²) in [7, 11) is 1.65. The number of benzene rings is 1. The van der Waals surface area contributed by atoms with E-state index in [0.717, 1.165) is 37.4 Å². The van der Waals surface area contributed by atoms with Crippen LogP contribution < -0.4 is 10.1 Å². The first-order valence-electron chi connectivity index (χ1n) is 7.87. The van der Waals surface area contributed by atoms with Crippen molar-refractivity contribution in [3.63, 3.8) is 0 Å². The van der Waals surface area contributed by atoms with Gasteiger partial charge in [-0.1, -0.05) is 19.1 Å². The second kappa shape index (κ2) is 8.03. The zero-order valence-electron chi connectivity index (χ0n) is 13.1. The monoisotopic (exact) mass is 290 g/mol. The Labute approximate surface area is 127 Å². The Morgan fingerprint density at radius 3 is 2.71 bits per heavy atom. The molecule has 21 heavy (non-hydrogen) atoms. The van der Waals surface area contributed by atoms with Crippen LogP contribution in [0.3, 0.4) is 0 Å². The van der Waals surface area contributed by atoms with Gasteiger partial charge in [-0.05, 0) is 43.5 Å². The molecule has 1 atom stereocenters. The summed E-state index contributed by atoms with van der Waals surface area (Å²) in [6, 6.07) is 8.22. The minimum absolute atomic E-state index is 0.218. The van der Waals surface area contributed by atoms with E-state index in [1.54, 1.807) is 7.11 Å². The molecule has 1 aliphatic rings. The van der Waals surface area contributed by atoms with E-state index in [-0.39, 0.29) is 5.91 Å². The smallest absolute Gasteiger partial charge is 0.227 e. The summed E-state index contributed by atoms with van der Waals surface area (Å²) in [5.41, 5.74) is 1.04. The van der Waals surface area contributed by atoms with Gasteiger partial charge in [0.15, 0.2) is 0 Å². The van der Waals surface area contributed by atoms with Crippen molar-refractivity contribution >= 4 is 5.91 Å². The molecule has 1 amide bonds. The molecule has 1 unspecified atom stereocenters. The number of carbonyl (C=O) groups is 1. The lowest BCUT2D eigenvalue weighted by Gasteiger charge is -2.25. The fourth-order valence-electron chi connectivity index (χ4n) is 2.80. The summed E-state index contributed by atoms with van der Waals surface area (Å²) >= 11 is 0. The van der Waals surface area contributed by atoms with E-state index in [1.807, 2.05) is 29.2 Å². The number of amides is 1. The lowest BCUT2D eigenvalue weighted by molar-refractivity contribution is -0.130. The number of hydrogen-bond acceptors (Lipinski definition) is 3. The fourth-order valence-corrected chi connectivity index (χ4v) is 2.80. The number of nitrogens with one attached hydrogen (secondary N) is 1. The van der Waals surface area contributed by atoms with E-state index >= 15 is 0 Å². The Balaban J connectivity index is 1.92. The van der Waals surface area contributed by atoms with Crippen LogP contribution >= 0.6 is 0 Å². The fraction of sp³-hybridized carbons (Fsp3) is 0.588. The third-order valence-electron chi connectivity index (χ3n) is 3.96. The third-order valence-corrected chi connectivity index (χ3v) is 3.96. The second-order valence-electron chi connectivity index (χ2n) is 5.66. The molecule has 2 rings (SSSR count). The third kappa shape index (κ3) is 4.74. The van der Waals surface area contributed by atoms with Crippen molar-refractivity contribution in [1.29, 1.82) is 0 Å². The second-order valence-corrected chi connectivity index (χ2v) is 5.66. The Hall–Kier alpha value is -1.55. The van der Waals surface area contributed by atoms with Gasteiger partial charge in [0, 0.05) is 19.1 Å². The van der Waals surface area contributed by atoms with Gasteiger partial charge in [-0.2, -0.15) is 0 Å². The van der Waals surface area contributed by atoms with Gasteiger partial charge in [0.1, 0.15) is 5.75 Å². The number of rotatable bonds is 7. The minimum Gasteiger partial charge on any atom is -0.497 e. The maximum Gasteiger partial charge on any atom is 0.227 e. The average molecular weight is 290 g/mol. The van der Waals surface area contributed by atoms with Crippen molar-refractivity contribution in [3.8, 4) is 5.75 Å². The van der Waals surface area contributed by atoms with Gasteiger partial charge in [0.25, 0.3) is 0 Å². The van der Waals surface area contributed by atoms with E-state index in [9.17, 15) is 4.79 Å². The maximum atomic E-state index is 12.5. The quantitative estimate of drug-likeness (QED) is 0.837. The van der Waals surface area contributed by atoms with Crippen LogP contribution in [0.15, 0.2) is 24.3 Å². The SMILES string of the molecule is CCCN(CC1CCCN1)C(=O)Cc1ccc(OC)cc1. The van der Waals surface area contributed by atoms with Crippen molar-refractivity contribution in [2.75, 3.05) is 26.7 Å². The first kappa shape index (κ1) is 15.8. The zero-order valence-corrected chi connectivity index (χ0v) is 13.1. The lowest BCUT2D eigenvalue weighted by Crippen LogP contribution is -2.42. The van der Waals surface area contributed by atoms with Crippen LogP contribution in [0.1, 0.15) is 31.7 Å². The van der Waals surface area contributed by atoms with Crippen LogP contribution in [0.25, 0.3) is 0 Å². The molecular formula is C17H26N2O2. The van der Waals surface area contributed by atoms with E-state index in [1.165, 1.54) is 12.8 Å². The van der Waals surface area contributed by atoms with Crippen LogP contribution in [0.5, 0.6) is 5.75 Å². The Morgan fingerprint density at radius 2 is 2.14 bits per heavy atom. The summed E-state index contributed by atoms with van der Waals surface area (Å²) < 4.78 is 5.15. The lowest BCUT2D eigenvalue weighted by atomic mass is 10.1. The van der Waals surface area contributed by atoms with Gasteiger partial charge in [0.2, 0.25) is 5.91 Å². The number of ether oxygens (including phenoxy) is 1. The molecule has 0 spiro atoms. The van der Waals surface area contributed by atoms with E-state index in [0.29, 0.717) is 12.5 Å². The summed E-state index contributed by atoms with van der Waals surface area (Å²) in [6.45, 7) is 4.88. The topological polar surface area (TPSA) is 41.6 Å². The normalized spacial score (nSPS) is 17.7. The average Bonchev–Trinajstić information content (AvgIpc) is 3.00. The van der Waals surface area contributed by atoms with Crippen molar-refractivity contribution in [2.24, 2.45) is 0 Å². The molecule has 1 aromatic carbocycles. The van der Waals surface area contributed by atoms with Gasteiger partial charge in [-0.3, -0.25) is 4.79 Å². The summed E-state index contributed by atoms with van der Waals surface area (Å²) in [5.74, 6) is 1.04. The van der Waals surface area contributed by atoms with Crippen molar-refractivity contribution in [3.05, 3.63) is 29.8 Å². The minimum atomic E-state index is 0.218. The highest BCUT2D eigenvalue weighted by Crippen LogP contribution is 2.13. The number of methoxy groups -OCH3 is 1. The molecule has 0 aliphatic carbocycles. The first-order valence-corrected chi connectivity index (χ1v) is 7.87. The van der Waals surface area contributed by atoms with E-state index in [2.05, 4.69) is 12.2 Å². The van der Waals surface area contributed by atoms with Crippen molar-refractivity contribution in [2.45, 2.75) is 38.6 Å². The van der Waals surface area contributed by atoms with Crippen LogP contribution in [-0.2, 0) is 11.2 Å². The van der Waals surface area contributed by atoms with Crippen molar-refractivity contribution in [1.82, 2.24) is 10.2 Å². The Kier molecular flexibility index (Phi) is 6.05. The molecule has 1 aromatic rings. The molecule has 1 saturated heterocycles. The first-order chi connectivity index (χ1) is 10.2. The Morgan fingerprint density at radius 1 is 1.38 bits per heavy atom. The number of hydrogen-bond donors (Lipinski definition) is 1. The van der Waals surface area contributed by atoms with Gasteiger partial charge in [-0.25, -0.2) is 0 Å². The molecule has 1 heterocycles. The molecular weight excluding hydrogens is 264 g/mol. The summed E-state index contributed by atoms with van der Waals surface area (Å²) in [5, 5.41) is 3.47. The standard InChI is InChI=1S/C17H26N2O2/c1-3-11-19(13-15-5-4-10-18-15)17(20)12-14-6-8-16(21-2)9-7-14/h6-9,15,18H,3-5,10-13H2,1-2H3. The molecule has 0 radical (unpaired) electrons. The molecule has 116 valence electrons. The predicted octanol–water partition coefficient (Wildman–Crippen LogP) is 2.23. The summed E-state index contributed by atoms with van der Waals surface area (Å²) in [4.78, 5) is 14.5. The van der Waals surface area contributed by atoms with Crippen LogP contribution in [0.2, 0.25) is 0 Å². The molecule has 4 nitrogen and oxygen atoms in total. The van der Waals surface area contributed by atoms with Gasteiger partial charge in [-0.15, -0.1) is 0 Å². The molecule has 1 aliphatic heterocycles. The summed E-state index contributed by atoms with van der Waals surface area (Å²) in [6.07, 6.45) is 3.87. The Bertz CT molecular complexity index is 439. The largest absolute Gasteiger partial charge is 0.497 e. The number of nitrogens with zero attached hydrogens (tertiary/aromatic N) is 1. The number of carbonyl (C=O) groups excluding carboxylic acids is 1.